The van der Waals surface area contributed by atoms with Crippen molar-refractivity contribution in [3.63, 3.8) is 0 Å². The third kappa shape index (κ3) is 3.41. The second-order valence-electron chi connectivity index (χ2n) is 7.79. The van der Waals surface area contributed by atoms with Crippen molar-refractivity contribution in [1.29, 1.82) is 0 Å². The van der Waals surface area contributed by atoms with Gasteiger partial charge >= 0.3 is 0 Å². The highest BCUT2D eigenvalue weighted by Gasteiger charge is 2.47. The lowest BCUT2D eigenvalue weighted by molar-refractivity contribution is -0.140. The Morgan fingerprint density at radius 1 is 1.00 bits per heavy atom. The number of benzene rings is 1. The highest BCUT2D eigenvalue weighted by molar-refractivity contribution is 6.06. The number of amides is 4. The van der Waals surface area contributed by atoms with E-state index < -0.39 is 0 Å². The molecule has 4 amide bonds. The van der Waals surface area contributed by atoms with Gasteiger partial charge in [0, 0.05) is 25.9 Å². The van der Waals surface area contributed by atoms with Crippen LogP contribution >= 0.6 is 0 Å². The third-order valence-corrected chi connectivity index (χ3v) is 6.04. The molecular weight excluding hydrogens is 358 g/mol. The zero-order valence-corrected chi connectivity index (χ0v) is 15.9. The van der Waals surface area contributed by atoms with Crippen LogP contribution in [0.3, 0.4) is 0 Å². The zero-order chi connectivity index (χ0) is 19.7. The summed E-state index contributed by atoms with van der Waals surface area (Å²) in [4.78, 5) is 52.5. The van der Waals surface area contributed by atoms with E-state index in [2.05, 4.69) is 5.32 Å². The molecule has 3 aliphatic rings. The first-order valence-electron chi connectivity index (χ1n) is 10.1. The minimum atomic E-state index is -0.269. The van der Waals surface area contributed by atoms with Gasteiger partial charge in [0.1, 0.15) is 0 Å². The highest BCUT2D eigenvalue weighted by Crippen LogP contribution is 2.38. The molecule has 2 atom stereocenters. The first-order chi connectivity index (χ1) is 13.6. The van der Waals surface area contributed by atoms with Crippen LogP contribution in [0.4, 0.5) is 11.4 Å². The van der Waals surface area contributed by atoms with Crippen LogP contribution in [0.25, 0.3) is 0 Å². The molecule has 4 rings (SSSR count). The summed E-state index contributed by atoms with van der Waals surface area (Å²) < 4.78 is 0. The molecule has 148 valence electrons. The largest absolute Gasteiger partial charge is 0.324 e. The average molecular weight is 383 g/mol. The minimum Gasteiger partial charge on any atom is -0.324 e. The molecule has 7 heteroatoms. The van der Waals surface area contributed by atoms with Gasteiger partial charge in [-0.25, -0.2) is 0 Å². The van der Waals surface area contributed by atoms with E-state index in [4.69, 9.17) is 0 Å². The lowest BCUT2D eigenvalue weighted by Crippen LogP contribution is -2.34. The van der Waals surface area contributed by atoms with Crippen molar-refractivity contribution >= 4 is 35.0 Å². The van der Waals surface area contributed by atoms with E-state index in [1.54, 1.807) is 17.0 Å². The second-order valence-corrected chi connectivity index (χ2v) is 7.79. The number of anilines is 2. The zero-order valence-electron chi connectivity index (χ0n) is 15.9. The van der Waals surface area contributed by atoms with Crippen molar-refractivity contribution in [2.24, 2.45) is 11.8 Å². The van der Waals surface area contributed by atoms with E-state index in [0.717, 1.165) is 32.1 Å². The molecule has 28 heavy (non-hydrogen) atoms. The Hall–Kier alpha value is -2.70. The van der Waals surface area contributed by atoms with Gasteiger partial charge in [0.05, 0.1) is 23.2 Å². The number of imide groups is 1. The summed E-state index contributed by atoms with van der Waals surface area (Å²) in [7, 11) is 0. The summed E-state index contributed by atoms with van der Waals surface area (Å²) in [6.07, 6.45) is 4.90. The molecule has 1 aliphatic carbocycles. The number of nitrogens with zero attached hydrogens (tertiary/aromatic N) is 2. The normalized spacial score (nSPS) is 24.6. The van der Waals surface area contributed by atoms with Crippen LogP contribution in [-0.4, -0.2) is 41.6 Å². The number of hydrogen-bond acceptors (Lipinski definition) is 4. The Balaban J connectivity index is 1.39. The third-order valence-electron chi connectivity index (χ3n) is 6.04. The van der Waals surface area contributed by atoms with Crippen LogP contribution in [0.15, 0.2) is 24.3 Å². The van der Waals surface area contributed by atoms with E-state index in [9.17, 15) is 19.2 Å². The predicted molar refractivity (Wildman–Crippen MR) is 103 cm³/mol. The molecule has 2 saturated heterocycles. The fourth-order valence-electron chi connectivity index (χ4n) is 4.59. The van der Waals surface area contributed by atoms with Gasteiger partial charge in [-0.05, 0) is 31.4 Å². The Bertz CT molecular complexity index is 798. The molecule has 1 aromatic carbocycles. The van der Waals surface area contributed by atoms with Gasteiger partial charge in [0.25, 0.3) is 0 Å². The van der Waals surface area contributed by atoms with E-state index in [0.29, 0.717) is 24.3 Å². The van der Waals surface area contributed by atoms with Gasteiger partial charge in [-0.15, -0.1) is 0 Å². The molecule has 0 aromatic heterocycles. The van der Waals surface area contributed by atoms with Crippen LogP contribution in [0.5, 0.6) is 0 Å². The first kappa shape index (κ1) is 18.7. The summed E-state index contributed by atoms with van der Waals surface area (Å²) in [5.41, 5.74) is 1.27. The van der Waals surface area contributed by atoms with Crippen LogP contribution < -0.4 is 10.2 Å². The fourth-order valence-corrected chi connectivity index (χ4v) is 4.59. The number of fused-ring (bicyclic) bond motifs is 1. The smallest absolute Gasteiger partial charge is 0.233 e. The molecule has 1 aromatic rings. The Morgan fingerprint density at radius 3 is 2.32 bits per heavy atom. The standard InChI is InChI=1S/C21H25N3O4/c25-18(11-13-24-20(27)14-6-1-2-7-15(14)21(24)28)22-16-8-3-4-9-17(16)23-12-5-10-19(23)26/h3-4,8-9,14-15H,1-2,5-7,10-13H2,(H,22,25)/t14-,15-/m1/s1. The maximum Gasteiger partial charge on any atom is 0.233 e. The van der Waals surface area contributed by atoms with E-state index in [-0.39, 0.29) is 48.4 Å². The average Bonchev–Trinajstić information content (AvgIpc) is 3.23. The van der Waals surface area contributed by atoms with Gasteiger partial charge in [0.2, 0.25) is 23.6 Å². The Labute approximate surface area is 164 Å². The Kier molecular flexibility index (Phi) is 5.15. The first-order valence-corrected chi connectivity index (χ1v) is 10.1. The number of nitrogens with one attached hydrogen (secondary N) is 1. The van der Waals surface area contributed by atoms with Crippen molar-refractivity contribution < 1.29 is 19.2 Å². The van der Waals surface area contributed by atoms with Crippen LogP contribution in [0.1, 0.15) is 44.9 Å². The molecule has 0 bridgehead atoms. The predicted octanol–water partition coefficient (Wildman–Crippen LogP) is 2.32. The minimum absolute atomic E-state index is 0.0533. The summed E-state index contributed by atoms with van der Waals surface area (Å²) in [5, 5.41) is 2.84. The maximum atomic E-state index is 12.5. The number of carbonyl (C=O) groups excluding carboxylic acids is 4. The van der Waals surface area contributed by atoms with Crippen molar-refractivity contribution in [3.05, 3.63) is 24.3 Å². The van der Waals surface area contributed by atoms with Crippen molar-refractivity contribution in [2.45, 2.75) is 44.9 Å². The second kappa shape index (κ2) is 7.73. The van der Waals surface area contributed by atoms with E-state index in [1.807, 2.05) is 12.1 Å². The van der Waals surface area contributed by atoms with Crippen molar-refractivity contribution in [3.8, 4) is 0 Å². The van der Waals surface area contributed by atoms with Crippen molar-refractivity contribution in [1.82, 2.24) is 4.90 Å². The van der Waals surface area contributed by atoms with E-state index in [1.165, 1.54) is 4.90 Å². The monoisotopic (exact) mass is 383 g/mol. The number of rotatable bonds is 5. The Morgan fingerprint density at radius 2 is 1.68 bits per heavy atom. The van der Waals surface area contributed by atoms with Crippen LogP contribution in [0.2, 0.25) is 0 Å². The maximum absolute atomic E-state index is 12.5. The van der Waals surface area contributed by atoms with Gasteiger partial charge < -0.3 is 10.2 Å². The summed E-state index contributed by atoms with van der Waals surface area (Å²) >= 11 is 0. The summed E-state index contributed by atoms with van der Waals surface area (Å²) in [5.74, 6) is -0.833. The topological polar surface area (TPSA) is 86.8 Å². The van der Waals surface area contributed by atoms with Crippen molar-refractivity contribution in [2.75, 3.05) is 23.3 Å². The van der Waals surface area contributed by atoms with Crippen LogP contribution in [-0.2, 0) is 19.2 Å². The molecule has 1 N–H and O–H groups in total. The molecule has 0 radical (unpaired) electrons. The SMILES string of the molecule is O=C(CCN1C(=O)[C@@H]2CCCC[C@H]2C1=O)Nc1ccccc1N1CCCC1=O. The molecule has 2 heterocycles. The number of para-hydroxylation sites is 2. The number of hydrogen-bond donors (Lipinski definition) is 1. The fraction of sp³-hybridized carbons (Fsp3) is 0.524. The molecule has 3 fully saturated rings. The quantitative estimate of drug-likeness (QED) is 0.791. The van der Waals surface area contributed by atoms with Gasteiger partial charge in [-0.1, -0.05) is 25.0 Å². The molecule has 7 nitrogen and oxygen atoms in total. The highest BCUT2D eigenvalue weighted by atomic mass is 16.2. The van der Waals surface area contributed by atoms with Gasteiger partial charge in [-0.3, -0.25) is 24.1 Å². The van der Waals surface area contributed by atoms with Gasteiger partial charge in [0.15, 0.2) is 0 Å². The molecular formula is C21H25N3O4. The molecule has 1 saturated carbocycles. The number of carbonyl (C=O) groups is 4. The number of likely N-dealkylation sites (tertiary alicyclic amines) is 1. The summed E-state index contributed by atoms with van der Waals surface area (Å²) in [6, 6.07) is 7.22. The van der Waals surface area contributed by atoms with Gasteiger partial charge in [-0.2, -0.15) is 0 Å². The lowest BCUT2D eigenvalue weighted by Gasteiger charge is -2.20. The summed E-state index contributed by atoms with van der Waals surface area (Å²) in [6.45, 7) is 0.757. The molecule has 0 unspecified atom stereocenters. The molecule has 2 aliphatic heterocycles. The van der Waals surface area contributed by atoms with E-state index >= 15 is 0 Å². The lowest BCUT2D eigenvalue weighted by atomic mass is 9.81. The van der Waals surface area contributed by atoms with Crippen LogP contribution in [0, 0.1) is 11.8 Å². The molecule has 0 spiro atoms.